The Morgan fingerprint density at radius 1 is 1.03 bits per heavy atom. The third kappa shape index (κ3) is 4.87. The first-order valence-corrected chi connectivity index (χ1v) is 12.7. The third-order valence-corrected chi connectivity index (χ3v) is 7.69. The molecule has 188 valence electrons. The predicted molar refractivity (Wildman–Crippen MR) is 135 cm³/mol. The Bertz CT molecular complexity index is 1180. The number of carbonyl (C=O) groups is 3. The Balaban J connectivity index is 1.14. The first-order chi connectivity index (χ1) is 17.5. The highest BCUT2D eigenvalue weighted by Crippen LogP contribution is 2.41. The van der Waals surface area contributed by atoms with E-state index in [4.69, 9.17) is 9.47 Å². The summed E-state index contributed by atoms with van der Waals surface area (Å²) in [6, 6.07) is 15.0. The smallest absolute Gasteiger partial charge is 0.339 e. The molecule has 0 N–H and O–H groups in total. The highest BCUT2D eigenvalue weighted by atomic mass is 16.5. The highest BCUT2D eigenvalue weighted by molar-refractivity contribution is 5.95. The molecule has 0 saturated carbocycles. The van der Waals surface area contributed by atoms with Gasteiger partial charge in [0.1, 0.15) is 11.9 Å². The number of amides is 2. The van der Waals surface area contributed by atoms with E-state index in [-0.39, 0.29) is 29.6 Å². The van der Waals surface area contributed by atoms with Gasteiger partial charge in [-0.1, -0.05) is 36.4 Å². The average Bonchev–Trinajstić information content (AvgIpc) is 3.45. The number of piperidine rings is 1. The monoisotopic (exact) mass is 488 g/mol. The van der Waals surface area contributed by atoms with Crippen LogP contribution in [0.25, 0.3) is 6.08 Å². The lowest BCUT2D eigenvalue weighted by molar-refractivity contribution is -0.133. The van der Waals surface area contributed by atoms with Crippen LogP contribution in [0.1, 0.15) is 60.2 Å². The van der Waals surface area contributed by atoms with E-state index in [0.29, 0.717) is 38.3 Å². The van der Waals surface area contributed by atoms with Crippen molar-refractivity contribution in [3.8, 4) is 5.75 Å². The Hall–Kier alpha value is -3.61. The second kappa shape index (κ2) is 10.2. The Labute approximate surface area is 211 Å². The molecule has 3 aliphatic heterocycles. The van der Waals surface area contributed by atoms with Gasteiger partial charge in [0.05, 0.1) is 18.6 Å². The summed E-state index contributed by atoms with van der Waals surface area (Å²) in [7, 11) is 0. The maximum absolute atomic E-state index is 13.1. The van der Waals surface area contributed by atoms with Gasteiger partial charge in [-0.05, 0) is 49.8 Å². The Morgan fingerprint density at radius 3 is 2.50 bits per heavy atom. The van der Waals surface area contributed by atoms with Crippen LogP contribution in [0.5, 0.6) is 5.75 Å². The second-order valence-electron chi connectivity index (χ2n) is 9.88. The zero-order chi connectivity index (χ0) is 25.1. The number of esters is 1. The van der Waals surface area contributed by atoms with Gasteiger partial charge < -0.3 is 19.3 Å². The summed E-state index contributed by atoms with van der Waals surface area (Å²) < 4.78 is 11.1. The topological polar surface area (TPSA) is 76.2 Å². The summed E-state index contributed by atoms with van der Waals surface area (Å²) in [5.41, 5.74) is 2.30. The molecule has 36 heavy (non-hydrogen) atoms. The van der Waals surface area contributed by atoms with Crippen LogP contribution in [0.15, 0.2) is 54.6 Å². The van der Waals surface area contributed by atoms with E-state index in [1.54, 1.807) is 18.2 Å². The van der Waals surface area contributed by atoms with Crippen LogP contribution in [-0.2, 0) is 14.3 Å². The van der Waals surface area contributed by atoms with Gasteiger partial charge in [-0.2, -0.15) is 0 Å². The standard InChI is InChI=1S/C29H32N2O5/c1-2-35-24-10-6-3-7-21(24)11-12-26(32)30-16-13-29(14-17-30)15-18-31(20-29)27(33)19-25-22-8-4-5-9-23(22)28(34)36-25/h3-12,25H,2,13-20H2,1H3. The van der Waals surface area contributed by atoms with Gasteiger partial charge in [0.15, 0.2) is 0 Å². The lowest BCUT2D eigenvalue weighted by atomic mass is 9.78. The number of likely N-dealkylation sites (tertiary alicyclic amines) is 2. The molecule has 7 nitrogen and oxygen atoms in total. The number of fused-ring (bicyclic) bond motifs is 1. The molecule has 1 spiro atoms. The van der Waals surface area contributed by atoms with E-state index < -0.39 is 6.10 Å². The van der Waals surface area contributed by atoms with Crippen LogP contribution >= 0.6 is 0 Å². The summed E-state index contributed by atoms with van der Waals surface area (Å²) in [4.78, 5) is 41.8. The van der Waals surface area contributed by atoms with Crippen LogP contribution < -0.4 is 4.74 Å². The number of carbonyl (C=O) groups excluding carboxylic acids is 3. The van der Waals surface area contributed by atoms with Crippen LogP contribution in [0.3, 0.4) is 0 Å². The van der Waals surface area contributed by atoms with Crippen molar-refractivity contribution in [3.63, 3.8) is 0 Å². The van der Waals surface area contributed by atoms with E-state index in [1.165, 1.54) is 0 Å². The largest absolute Gasteiger partial charge is 0.493 e. The van der Waals surface area contributed by atoms with Gasteiger partial charge in [-0.3, -0.25) is 9.59 Å². The Morgan fingerprint density at radius 2 is 1.72 bits per heavy atom. The van der Waals surface area contributed by atoms with Crippen LogP contribution in [-0.4, -0.2) is 60.4 Å². The number of benzene rings is 2. The molecule has 2 amide bonds. The lowest BCUT2D eigenvalue weighted by Gasteiger charge is -2.39. The highest BCUT2D eigenvalue weighted by Gasteiger charge is 2.43. The molecular formula is C29H32N2O5. The van der Waals surface area contributed by atoms with Crippen LogP contribution in [0.2, 0.25) is 0 Å². The minimum absolute atomic E-state index is 0.00351. The summed E-state index contributed by atoms with van der Waals surface area (Å²) >= 11 is 0. The van der Waals surface area contributed by atoms with Crippen molar-refractivity contribution in [1.82, 2.24) is 9.80 Å². The molecule has 2 aromatic rings. The molecule has 3 heterocycles. The van der Waals surface area contributed by atoms with Gasteiger partial charge in [0.25, 0.3) is 0 Å². The van der Waals surface area contributed by atoms with Crippen molar-refractivity contribution in [2.75, 3.05) is 32.8 Å². The van der Waals surface area contributed by atoms with E-state index in [1.807, 2.05) is 59.2 Å². The van der Waals surface area contributed by atoms with Crippen molar-refractivity contribution >= 4 is 23.9 Å². The number of cyclic esters (lactones) is 1. The van der Waals surface area contributed by atoms with Gasteiger partial charge >= 0.3 is 5.97 Å². The van der Waals surface area contributed by atoms with Crippen molar-refractivity contribution in [2.24, 2.45) is 5.41 Å². The van der Waals surface area contributed by atoms with Crippen LogP contribution in [0.4, 0.5) is 0 Å². The first kappa shape index (κ1) is 24.1. The number of hydrogen-bond acceptors (Lipinski definition) is 5. The first-order valence-electron chi connectivity index (χ1n) is 12.7. The van der Waals surface area contributed by atoms with Gasteiger partial charge in [0, 0.05) is 43.4 Å². The molecule has 2 fully saturated rings. The molecule has 0 radical (unpaired) electrons. The average molecular weight is 489 g/mol. The van der Waals surface area contributed by atoms with Crippen molar-refractivity contribution in [3.05, 3.63) is 71.3 Å². The zero-order valence-electron chi connectivity index (χ0n) is 20.7. The fourth-order valence-corrected chi connectivity index (χ4v) is 5.59. The molecule has 2 saturated heterocycles. The van der Waals surface area contributed by atoms with E-state index in [2.05, 4.69) is 0 Å². The number of hydrogen-bond donors (Lipinski definition) is 0. The fraction of sp³-hybridized carbons (Fsp3) is 0.414. The zero-order valence-corrected chi connectivity index (χ0v) is 20.7. The molecular weight excluding hydrogens is 456 g/mol. The maximum atomic E-state index is 13.1. The molecule has 1 unspecified atom stereocenters. The molecule has 3 aliphatic rings. The molecule has 1 atom stereocenters. The second-order valence-corrected chi connectivity index (χ2v) is 9.88. The van der Waals surface area contributed by atoms with E-state index in [9.17, 15) is 14.4 Å². The summed E-state index contributed by atoms with van der Waals surface area (Å²) in [6.45, 7) is 5.30. The molecule has 0 bridgehead atoms. The molecule has 0 aliphatic carbocycles. The molecule has 2 aromatic carbocycles. The van der Waals surface area contributed by atoms with Crippen LogP contribution in [0, 0.1) is 5.41 Å². The maximum Gasteiger partial charge on any atom is 0.339 e. The third-order valence-electron chi connectivity index (χ3n) is 7.69. The number of nitrogens with zero attached hydrogens (tertiary/aromatic N) is 2. The predicted octanol–water partition coefficient (Wildman–Crippen LogP) is 4.24. The lowest BCUT2D eigenvalue weighted by Crippen LogP contribution is -2.44. The Kier molecular flexibility index (Phi) is 6.81. The van der Waals surface area contributed by atoms with Gasteiger partial charge in [-0.25, -0.2) is 4.79 Å². The quantitative estimate of drug-likeness (QED) is 0.449. The van der Waals surface area contributed by atoms with E-state index in [0.717, 1.165) is 36.1 Å². The number of ether oxygens (including phenoxy) is 2. The summed E-state index contributed by atoms with van der Waals surface area (Å²) in [5, 5.41) is 0. The number of rotatable bonds is 6. The molecule has 0 aromatic heterocycles. The fourth-order valence-electron chi connectivity index (χ4n) is 5.59. The number of para-hydroxylation sites is 1. The molecule has 5 rings (SSSR count). The minimum Gasteiger partial charge on any atom is -0.493 e. The van der Waals surface area contributed by atoms with Crippen molar-refractivity contribution in [1.29, 1.82) is 0 Å². The van der Waals surface area contributed by atoms with Crippen molar-refractivity contribution < 1.29 is 23.9 Å². The van der Waals surface area contributed by atoms with Gasteiger partial charge in [0.2, 0.25) is 11.8 Å². The summed E-state index contributed by atoms with van der Waals surface area (Å²) in [5.74, 6) is 0.446. The normalized spacial score (nSPS) is 20.6. The SMILES string of the molecule is CCOc1ccccc1C=CC(=O)N1CCC2(CC1)CCN(C(=O)CC1OC(=O)c3ccccc31)C2. The minimum atomic E-state index is -0.503. The van der Waals surface area contributed by atoms with Crippen molar-refractivity contribution in [2.45, 2.75) is 38.7 Å². The summed E-state index contributed by atoms with van der Waals surface area (Å²) in [6.07, 6.45) is 5.83. The van der Waals surface area contributed by atoms with E-state index >= 15 is 0 Å². The van der Waals surface area contributed by atoms with Gasteiger partial charge in [-0.15, -0.1) is 0 Å². The molecule has 7 heteroatoms.